The van der Waals surface area contributed by atoms with Gasteiger partial charge in [-0.05, 0) is 25.0 Å². The van der Waals surface area contributed by atoms with Gasteiger partial charge in [-0.25, -0.2) is 9.78 Å². The summed E-state index contributed by atoms with van der Waals surface area (Å²) in [6, 6.07) is 3.80. The van der Waals surface area contributed by atoms with Gasteiger partial charge in [0.25, 0.3) is 0 Å². The molecule has 1 N–H and O–H groups in total. The standard InChI is InChI=1S/C15H15ClN4O/c16-12-7-6-10-13(19-12)14-11(8-17-10)18-15(21)20(14)9-4-2-1-3-5-9/h6-9H,1-5H2,(H,18,21). The Morgan fingerprint density at radius 2 is 2.05 bits per heavy atom. The Bertz CT molecular complexity index is 876. The van der Waals surface area contributed by atoms with Gasteiger partial charge in [0.15, 0.2) is 0 Å². The van der Waals surface area contributed by atoms with E-state index in [1.807, 2.05) is 10.6 Å². The van der Waals surface area contributed by atoms with E-state index in [0.717, 1.165) is 29.4 Å². The molecule has 3 heterocycles. The number of H-pyrrole nitrogens is 1. The third kappa shape index (κ3) is 2.03. The van der Waals surface area contributed by atoms with Gasteiger partial charge in [-0.3, -0.25) is 9.55 Å². The number of hydrogen-bond acceptors (Lipinski definition) is 3. The normalized spacial score (nSPS) is 16.8. The summed E-state index contributed by atoms with van der Waals surface area (Å²) in [5.41, 5.74) is 2.94. The molecular formula is C15H15ClN4O. The van der Waals surface area contributed by atoms with Gasteiger partial charge in [0, 0.05) is 6.04 Å². The minimum absolute atomic E-state index is 0.0759. The summed E-state index contributed by atoms with van der Waals surface area (Å²) in [6.07, 6.45) is 7.37. The second kappa shape index (κ2) is 4.84. The number of nitrogens with zero attached hydrogens (tertiary/aromatic N) is 3. The maximum atomic E-state index is 12.4. The molecule has 6 heteroatoms. The van der Waals surface area contributed by atoms with E-state index in [0.29, 0.717) is 10.7 Å². The molecule has 0 saturated heterocycles. The fraction of sp³-hybridized carbons (Fsp3) is 0.400. The van der Waals surface area contributed by atoms with Crippen LogP contribution in [0.5, 0.6) is 0 Å². The van der Waals surface area contributed by atoms with Crippen molar-refractivity contribution in [3.05, 3.63) is 34.0 Å². The fourth-order valence-electron chi connectivity index (χ4n) is 3.33. The molecule has 1 saturated carbocycles. The van der Waals surface area contributed by atoms with Crippen LogP contribution >= 0.6 is 11.6 Å². The van der Waals surface area contributed by atoms with E-state index in [2.05, 4.69) is 15.0 Å². The van der Waals surface area contributed by atoms with Gasteiger partial charge in [0.2, 0.25) is 0 Å². The van der Waals surface area contributed by atoms with Crippen molar-refractivity contribution in [1.82, 2.24) is 19.5 Å². The molecule has 0 radical (unpaired) electrons. The molecule has 4 rings (SSSR count). The topological polar surface area (TPSA) is 63.6 Å². The molecular weight excluding hydrogens is 288 g/mol. The number of hydrogen-bond donors (Lipinski definition) is 1. The third-order valence-corrected chi connectivity index (χ3v) is 4.50. The van der Waals surface area contributed by atoms with E-state index in [1.165, 1.54) is 19.3 Å². The van der Waals surface area contributed by atoms with Crippen LogP contribution in [0.4, 0.5) is 0 Å². The number of pyridine rings is 2. The predicted molar refractivity (Wildman–Crippen MR) is 82.8 cm³/mol. The minimum atomic E-state index is -0.0759. The summed E-state index contributed by atoms with van der Waals surface area (Å²) in [5.74, 6) is 0. The van der Waals surface area contributed by atoms with Gasteiger partial charge < -0.3 is 4.98 Å². The summed E-state index contributed by atoms with van der Waals surface area (Å²) in [7, 11) is 0. The number of aromatic amines is 1. The number of rotatable bonds is 1. The fourth-order valence-corrected chi connectivity index (χ4v) is 3.48. The summed E-state index contributed by atoms with van der Waals surface area (Å²) >= 11 is 6.03. The van der Waals surface area contributed by atoms with Crippen LogP contribution in [0, 0.1) is 0 Å². The Morgan fingerprint density at radius 3 is 2.86 bits per heavy atom. The van der Waals surface area contributed by atoms with E-state index in [-0.39, 0.29) is 11.7 Å². The molecule has 1 aliphatic rings. The Kier molecular flexibility index (Phi) is 2.96. The highest BCUT2D eigenvalue weighted by Crippen LogP contribution is 2.31. The second-order valence-corrected chi connectivity index (χ2v) is 6.00. The van der Waals surface area contributed by atoms with Gasteiger partial charge in [0.1, 0.15) is 10.7 Å². The molecule has 5 nitrogen and oxygen atoms in total. The molecule has 1 aliphatic carbocycles. The zero-order chi connectivity index (χ0) is 14.4. The monoisotopic (exact) mass is 302 g/mol. The first-order valence-corrected chi connectivity index (χ1v) is 7.67. The van der Waals surface area contributed by atoms with Crippen molar-refractivity contribution in [3.8, 4) is 0 Å². The molecule has 0 aromatic carbocycles. The van der Waals surface area contributed by atoms with Crippen molar-refractivity contribution in [3.63, 3.8) is 0 Å². The van der Waals surface area contributed by atoms with Crippen LogP contribution in [0.1, 0.15) is 38.1 Å². The maximum Gasteiger partial charge on any atom is 0.326 e. The lowest BCUT2D eigenvalue weighted by atomic mass is 9.95. The van der Waals surface area contributed by atoms with E-state index < -0.39 is 0 Å². The summed E-state index contributed by atoms with van der Waals surface area (Å²) in [6.45, 7) is 0. The van der Waals surface area contributed by atoms with Gasteiger partial charge >= 0.3 is 5.69 Å². The largest absolute Gasteiger partial charge is 0.326 e. The highest BCUT2D eigenvalue weighted by molar-refractivity contribution is 6.30. The van der Waals surface area contributed by atoms with E-state index in [9.17, 15) is 4.79 Å². The van der Waals surface area contributed by atoms with Gasteiger partial charge in [-0.1, -0.05) is 30.9 Å². The summed E-state index contributed by atoms with van der Waals surface area (Å²) < 4.78 is 1.86. The van der Waals surface area contributed by atoms with Gasteiger partial charge in [-0.2, -0.15) is 0 Å². The van der Waals surface area contributed by atoms with E-state index in [1.54, 1.807) is 12.3 Å². The van der Waals surface area contributed by atoms with Crippen LogP contribution in [0.15, 0.2) is 23.1 Å². The molecule has 0 atom stereocenters. The van der Waals surface area contributed by atoms with Crippen LogP contribution in [-0.4, -0.2) is 19.5 Å². The van der Waals surface area contributed by atoms with Crippen LogP contribution in [0.3, 0.4) is 0 Å². The van der Waals surface area contributed by atoms with Crippen LogP contribution in [0.25, 0.3) is 22.1 Å². The molecule has 3 aromatic heterocycles. The number of halogens is 1. The molecule has 3 aromatic rings. The minimum Gasteiger partial charge on any atom is -0.304 e. The smallest absolute Gasteiger partial charge is 0.304 e. The first-order chi connectivity index (χ1) is 10.2. The van der Waals surface area contributed by atoms with Crippen molar-refractivity contribution >= 4 is 33.7 Å². The Labute approximate surface area is 126 Å². The van der Waals surface area contributed by atoms with E-state index >= 15 is 0 Å². The molecule has 0 bridgehead atoms. The molecule has 0 unspecified atom stereocenters. The van der Waals surface area contributed by atoms with Crippen molar-refractivity contribution < 1.29 is 0 Å². The highest BCUT2D eigenvalue weighted by atomic mass is 35.5. The average molecular weight is 303 g/mol. The lowest BCUT2D eigenvalue weighted by Gasteiger charge is -2.23. The Balaban J connectivity index is 2.06. The maximum absolute atomic E-state index is 12.4. The second-order valence-electron chi connectivity index (χ2n) is 5.61. The average Bonchev–Trinajstić information content (AvgIpc) is 2.84. The summed E-state index contributed by atoms with van der Waals surface area (Å²) in [5, 5.41) is 0.417. The van der Waals surface area contributed by atoms with Crippen molar-refractivity contribution in [2.75, 3.05) is 0 Å². The van der Waals surface area contributed by atoms with Gasteiger partial charge in [0.05, 0.1) is 22.7 Å². The predicted octanol–water partition coefficient (Wildman–Crippen LogP) is 3.43. The molecule has 0 aliphatic heterocycles. The van der Waals surface area contributed by atoms with Crippen LogP contribution in [0.2, 0.25) is 5.15 Å². The number of nitrogens with one attached hydrogen (secondary N) is 1. The van der Waals surface area contributed by atoms with Crippen molar-refractivity contribution in [2.24, 2.45) is 0 Å². The SMILES string of the molecule is O=c1[nH]c2cnc3ccc(Cl)nc3c2n1C1CCCCC1. The Morgan fingerprint density at radius 1 is 1.24 bits per heavy atom. The number of fused-ring (bicyclic) bond motifs is 3. The quantitative estimate of drug-likeness (QED) is 0.700. The first kappa shape index (κ1) is 12.8. The third-order valence-electron chi connectivity index (χ3n) is 4.29. The first-order valence-electron chi connectivity index (χ1n) is 7.29. The molecule has 1 fully saturated rings. The molecule has 0 amide bonds. The van der Waals surface area contributed by atoms with Crippen molar-refractivity contribution in [2.45, 2.75) is 38.1 Å². The van der Waals surface area contributed by atoms with E-state index in [4.69, 9.17) is 11.6 Å². The molecule has 0 spiro atoms. The zero-order valence-corrected chi connectivity index (χ0v) is 12.2. The summed E-state index contributed by atoms with van der Waals surface area (Å²) in [4.78, 5) is 24.0. The number of imidazole rings is 1. The zero-order valence-electron chi connectivity index (χ0n) is 11.5. The van der Waals surface area contributed by atoms with Crippen LogP contribution in [-0.2, 0) is 0 Å². The molecule has 108 valence electrons. The molecule has 21 heavy (non-hydrogen) atoms. The Hall–Kier alpha value is -1.88. The lowest BCUT2D eigenvalue weighted by molar-refractivity contribution is 0.354. The van der Waals surface area contributed by atoms with Crippen LogP contribution < -0.4 is 5.69 Å². The number of aromatic nitrogens is 4. The van der Waals surface area contributed by atoms with Crippen molar-refractivity contribution in [1.29, 1.82) is 0 Å². The lowest BCUT2D eigenvalue weighted by Crippen LogP contribution is -2.24. The highest BCUT2D eigenvalue weighted by Gasteiger charge is 2.21. The van der Waals surface area contributed by atoms with Gasteiger partial charge in [-0.15, -0.1) is 0 Å².